The number of nitrogens with zero attached hydrogens (tertiary/aromatic N) is 3. The molecule has 67 heavy (non-hydrogen) atoms. The van der Waals surface area contributed by atoms with Gasteiger partial charge in [0.2, 0.25) is 0 Å². The molecule has 0 atom stereocenters. The topological polar surface area (TPSA) is 38.7 Å². The van der Waals surface area contributed by atoms with Crippen molar-refractivity contribution < 1.29 is 0 Å². The van der Waals surface area contributed by atoms with Gasteiger partial charge in [-0.25, -0.2) is 15.0 Å². The minimum atomic E-state index is -0.382. The van der Waals surface area contributed by atoms with E-state index in [0.29, 0.717) is 29.3 Å². The van der Waals surface area contributed by atoms with Gasteiger partial charge in [-0.2, -0.15) is 0 Å². The van der Waals surface area contributed by atoms with E-state index >= 15 is 0 Å². The van der Waals surface area contributed by atoms with Gasteiger partial charge in [0.25, 0.3) is 0 Å². The Labute approximate surface area is 391 Å². The lowest BCUT2D eigenvalue weighted by Crippen LogP contribution is -2.59. The lowest BCUT2D eigenvalue weighted by atomic mass is 9.38. The predicted molar refractivity (Wildman–Crippen MR) is 272 cm³/mol. The van der Waals surface area contributed by atoms with Crippen molar-refractivity contribution >= 4 is 21.5 Å². The lowest BCUT2D eigenvalue weighted by molar-refractivity contribution is -0.0440. The van der Waals surface area contributed by atoms with Crippen LogP contribution in [0.1, 0.15) is 65.5 Å². The lowest BCUT2D eigenvalue weighted by Gasteiger charge is -2.65. The standard InChI is InChI=1S/C64H47N3/c1-2-13-43(14-3-1)60-65-61(67-62(66-60)47-28-30-51-46(37-47)27-24-42-12-4-5-15-50(42)51)44-25-22-41(23-26-44)45-29-31-58-59(38-45)63(48-33-39-32-40(35-48)36-49(63)34-39)56-20-10-11-21-57(56)64(58)54-18-8-6-16-52(54)53-17-7-9-19-55(53)64/h1-31,37-40,48-49H,32-36H2. The fourth-order valence-corrected chi connectivity index (χ4v) is 14.8. The zero-order valence-corrected chi connectivity index (χ0v) is 37.2. The maximum absolute atomic E-state index is 5.20. The van der Waals surface area contributed by atoms with Crippen molar-refractivity contribution in [1.82, 2.24) is 15.0 Å². The average molecular weight is 858 g/mol. The summed E-state index contributed by atoms with van der Waals surface area (Å²) in [5.41, 5.74) is 16.7. The van der Waals surface area contributed by atoms with Crippen molar-refractivity contribution in [2.75, 3.05) is 0 Å². The second-order valence-corrected chi connectivity index (χ2v) is 20.3. The minimum absolute atomic E-state index is 0.0159. The summed E-state index contributed by atoms with van der Waals surface area (Å²) >= 11 is 0. The highest BCUT2D eigenvalue weighted by Crippen LogP contribution is 2.71. The molecule has 9 aromatic carbocycles. The van der Waals surface area contributed by atoms with Gasteiger partial charge in [-0.05, 0) is 145 Å². The second-order valence-electron chi connectivity index (χ2n) is 20.3. The Morgan fingerprint density at radius 3 is 1.51 bits per heavy atom. The number of benzene rings is 9. The summed E-state index contributed by atoms with van der Waals surface area (Å²) in [5.74, 6) is 5.02. The summed E-state index contributed by atoms with van der Waals surface area (Å²) in [5, 5.41) is 4.88. The average Bonchev–Trinajstić information content (AvgIpc) is 3.69. The normalized spacial score (nSPS) is 22.2. The molecule has 0 unspecified atom stereocenters. The third-order valence-corrected chi connectivity index (χ3v) is 17.2. The molecule has 16 rings (SSSR count). The van der Waals surface area contributed by atoms with Crippen molar-refractivity contribution in [3.05, 3.63) is 234 Å². The first kappa shape index (κ1) is 37.7. The first-order chi connectivity index (χ1) is 33.1. The molecule has 10 aromatic rings. The predicted octanol–water partition coefficient (Wildman–Crippen LogP) is 15.3. The van der Waals surface area contributed by atoms with Crippen LogP contribution in [0.5, 0.6) is 0 Å². The largest absolute Gasteiger partial charge is 0.208 e. The Morgan fingerprint density at radius 1 is 0.313 bits per heavy atom. The Balaban J connectivity index is 0.890. The van der Waals surface area contributed by atoms with Gasteiger partial charge in [-0.3, -0.25) is 0 Å². The van der Waals surface area contributed by atoms with Gasteiger partial charge in [-0.15, -0.1) is 0 Å². The van der Waals surface area contributed by atoms with Crippen LogP contribution in [0.3, 0.4) is 0 Å². The van der Waals surface area contributed by atoms with Crippen molar-refractivity contribution in [1.29, 1.82) is 0 Å². The molecule has 3 heteroatoms. The maximum atomic E-state index is 5.20. The molecule has 2 spiro atoms. The van der Waals surface area contributed by atoms with E-state index in [1.165, 1.54) is 98.2 Å². The van der Waals surface area contributed by atoms with E-state index in [9.17, 15) is 0 Å². The van der Waals surface area contributed by atoms with E-state index in [0.717, 1.165) is 28.5 Å². The molecule has 0 aliphatic heterocycles. The van der Waals surface area contributed by atoms with Gasteiger partial charge in [0.05, 0.1) is 5.41 Å². The smallest absolute Gasteiger partial charge is 0.164 e. The van der Waals surface area contributed by atoms with Crippen LogP contribution < -0.4 is 0 Å². The molecule has 0 radical (unpaired) electrons. The minimum Gasteiger partial charge on any atom is -0.208 e. The molecule has 1 aromatic heterocycles. The Kier molecular flexibility index (Phi) is 7.89. The number of fused-ring (bicyclic) bond motifs is 12. The van der Waals surface area contributed by atoms with E-state index in [1.54, 1.807) is 11.1 Å². The van der Waals surface area contributed by atoms with Crippen LogP contribution >= 0.6 is 0 Å². The van der Waals surface area contributed by atoms with E-state index in [1.807, 2.05) is 18.2 Å². The van der Waals surface area contributed by atoms with Gasteiger partial charge in [0, 0.05) is 22.1 Å². The van der Waals surface area contributed by atoms with Crippen LogP contribution in [0.4, 0.5) is 0 Å². The highest BCUT2D eigenvalue weighted by atomic mass is 15.0. The summed E-state index contributed by atoms with van der Waals surface area (Å²) in [4.78, 5) is 15.4. The van der Waals surface area contributed by atoms with Crippen LogP contribution in [-0.4, -0.2) is 15.0 Å². The molecule has 4 bridgehead atoms. The van der Waals surface area contributed by atoms with Crippen LogP contribution in [0.15, 0.2) is 200 Å². The summed E-state index contributed by atoms with van der Waals surface area (Å²) in [6.45, 7) is 0. The highest BCUT2D eigenvalue weighted by Gasteiger charge is 2.64. The summed E-state index contributed by atoms with van der Waals surface area (Å²) in [6, 6.07) is 74.8. The van der Waals surface area contributed by atoms with Crippen molar-refractivity contribution in [3.63, 3.8) is 0 Å². The molecule has 0 saturated heterocycles. The Hall–Kier alpha value is -7.49. The molecule has 1 heterocycles. The van der Waals surface area contributed by atoms with Crippen LogP contribution in [0.2, 0.25) is 0 Å². The molecule has 4 saturated carbocycles. The highest BCUT2D eigenvalue weighted by molar-refractivity contribution is 6.08. The van der Waals surface area contributed by atoms with Crippen LogP contribution in [0, 0.1) is 23.7 Å². The van der Waals surface area contributed by atoms with E-state index in [-0.39, 0.29) is 10.8 Å². The molecule has 0 amide bonds. The van der Waals surface area contributed by atoms with Gasteiger partial charge >= 0.3 is 0 Å². The Bertz CT molecular complexity index is 3590. The number of hydrogen-bond acceptors (Lipinski definition) is 3. The summed E-state index contributed by atoms with van der Waals surface area (Å²) in [6.07, 6.45) is 6.80. The number of aromatic nitrogens is 3. The van der Waals surface area contributed by atoms with Gasteiger partial charge in [0.1, 0.15) is 0 Å². The maximum Gasteiger partial charge on any atom is 0.164 e. The van der Waals surface area contributed by atoms with Crippen LogP contribution in [-0.2, 0) is 10.8 Å². The molecule has 6 aliphatic carbocycles. The van der Waals surface area contributed by atoms with Crippen molar-refractivity contribution in [2.24, 2.45) is 23.7 Å². The van der Waals surface area contributed by atoms with E-state index < -0.39 is 0 Å². The molecular weight excluding hydrogens is 811 g/mol. The zero-order chi connectivity index (χ0) is 43.8. The fourth-order valence-electron chi connectivity index (χ4n) is 14.8. The first-order valence-corrected chi connectivity index (χ1v) is 24.4. The molecule has 3 nitrogen and oxygen atoms in total. The van der Waals surface area contributed by atoms with Crippen LogP contribution in [0.25, 0.3) is 78.0 Å². The third-order valence-electron chi connectivity index (χ3n) is 17.2. The molecule has 4 fully saturated rings. The Morgan fingerprint density at radius 2 is 0.806 bits per heavy atom. The van der Waals surface area contributed by atoms with E-state index in [4.69, 9.17) is 15.0 Å². The molecular formula is C64H47N3. The fraction of sp³-hybridized carbons (Fsp3) is 0.172. The number of rotatable bonds is 4. The number of hydrogen-bond donors (Lipinski definition) is 0. The molecule has 0 N–H and O–H groups in total. The van der Waals surface area contributed by atoms with Gasteiger partial charge in [0.15, 0.2) is 17.5 Å². The SMILES string of the molecule is c1ccc(-c2nc(-c3ccc(-c4ccc5c(c4)C4(c6ccccc6C56c5ccccc5-c5ccccc56)C5CC6CC(C5)CC4C6)cc3)nc(-c3ccc4c(ccc5ccccc54)c3)n2)cc1. The summed E-state index contributed by atoms with van der Waals surface area (Å²) in [7, 11) is 0. The van der Waals surface area contributed by atoms with E-state index in [2.05, 4.69) is 182 Å². The quantitative estimate of drug-likeness (QED) is 0.166. The second kappa shape index (κ2) is 14.0. The van der Waals surface area contributed by atoms with Crippen molar-refractivity contribution in [2.45, 2.75) is 42.9 Å². The molecule has 6 aliphatic rings. The summed E-state index contributed by atoms with van der Waals surface area (Å²) < 4.78 is 0. The first-order valence-electron chi connectivity index (χ1n) is 24.4. The third kappa shape index (κ3) is 5.20. The zero-order valence-electron chi connectivity index (χ0n) is 37.2. The molecule has 318 valence electrons. The van der Waals surface area contributed by atoms with Gasteiger partial charge in [-0.1, -0.05) is 188 Å². The monoisotopic (exact) mass is 857 g/mol. The van der Waals surface area contributed by atoms with Crippen molar-refractivity contribution in [3.8, 4) is 56.4 Å². The van der Waals surface area contributed by atoms with Gasteiger partial charge < -0.3 is 0 Å².